The molecular weight excluding hydrogens is 276 g/mol. The van der Waals surface area contributed by atoms with E-state index in [9.17, 15) is 4.79 Å². The molecule has 1 aromatic rings. The van der Waals surface area contributed by atoms with Gasteiger partial charge in [-0.2, -0.15) is 23.5 Å². The van der Waals surface area contributed by atoms with Gasteiger partial charge >= 0.3 is 6.03 Å². The molecule has 5 heteroatoms. The van der Waals surface area contributed by atoms with Crippen LogP contribution in [-0.4, -0.2) is 47.5 Å². The van der Waals surface area contributed by atoms with Crippen molar-refractivity contribution in [1.82, 2.24) is 4.90 Å². The molecule has 2 rings (SSSR count). The van der Waals surface area contributed by atoms with Crippen molar-refractivity contribution in [3.05, 3.63) is 29.8 Å². The van der Waals surface area contributed by atoms with Crippen molar-refractivity contribution < 1.29 is 4.79 Å². The second-order valence-electron chi connectivity index (χ2n) is 4.47. The first-order valence-corrected chi connectivity index (χ1v) is 9.06. The summed E-state index contributed by atoms with van der Waals surface area (Å²) in [5, 5.41) is 2.97. The number of hydrogen-bond acceptors (Lipinski definition) is 3. The van der Waals surface area contributed by atoms with Crippen molar-refractivity contribution in [2.45, 2.75) is 6.42 Å². The number of carbonyl (C=O) groups is 1. The van der Waals surface area contributed by atoms with Gasteiger partial charge in [-0.25, -0.2) is 4.79 Å². The molecule has 0 bridgehead atoms. The summed E-state index contributed by atoms with van der Waals surface area (Å²) in [4.78, 5) is 13.9. The van der Waals surface area contributed by atoms with Crippen molar-refractivity contribution in [2.75, 3.05) is 41.9 Å². The van der Waals surface area contributed by atoms with Gasteiger partial charge in [-0.1, -0.05) is 12.1 Å². The lowest BCUT2D eigenvalue weighted by Crippen LogP contribution is -2.40. The second kappa shape index (κ2) is 7.70. The van der Waals surface area contributed by atoms with Crippen LogP contribution in [0.25, 0.3) is 0 Å². The minimum absolute atomic E-state index is 0.0252. The molecule has 19 heavy (non-hydrogen) atoms. The standard InChI is InChI=1S/C14H20N2OS2/c1-18-9-6-12-2-4-13(5-3-12)15-14(17)16-7-10-19-11-8-16/h2-5H,6-11H2,1H3,(H,15,17). The predicted molar refractivity (Wildman–Crippen MR) is 86.4 cm³/mol. The molecule has 0 spiro atoms. The Morgan fingerprint density at radius 1 is 1.32 bits per heavy atom. The Morgan fingerprint density at radius 3 is 2.63 bits per heavy atom. The van der Waals surface area contributed by atoms with Crippen LogP contribution in [0.15, 0.2) is 24.3 Å². The number of anilines is 1. The smallest absolute Gasteiger partial charge is 0.321 e. The van der Waals surface area contributed by atoms with Crippen LogP contribution in [0, 0.1) is 0 Å². The molecule has 1 aromatic carbocycles. The summed E-state index contributed by atoms with van der Waals surface area (Å²) in [6.45, 7) is 1.70. The zero-order chi connectivity index (χ0) is 13.5. The van der Waals surface area contributed by atoms with E-state index in [1.807, 2.05) is 40.6 Å². The normalized spacial score (nSPS) is 15.3. The average Bonchev–Trinajstić information content (AvgIpc) is 2.47. The molecule has 1 saturated heterocycles. The Balaban J connectivity index is 1.86. The van der Waals surface area contributed by atoms with Gasteiger partial charge in [-0.15, -0.1) is 0 Å². The summed E-state index contributed by atoms with van der Waals surface area (Å²) in [5.74, 6) is 3.22. The van der Waals surface area contributed by atoms with Gasteiger partial charge in [-0.05, 0) is 36.1 Å². The van der Waals surface area contributed by atoms with Crippen molar-refractivity contribution >= 4 is 35.2 Å². The maximum atomic E-state index is 12.0. The van der Waals surface area contributed by atoms with Crippen LogP contribution in [0.1, 0.15) is 5.56 Å². The van der Waals surface area contributed by atoms with Gasteiger partial charge in [0.05, 0.1) is 0 Å². The Morgan fingerprint density at radius 2 is 2.00 bits per heavy atom. The fraction of sp³-hybridized carbons (Fsp3) is 0.500. The molecule has 3 nitrogen and oxygen atoms in total. The molecular formula is C14H20N2OS2. The maximum absolute atomic E-state index is 12.0. The van der Waals surface area contributed by atoms with E-state index in [1.165, 1.54) is 5.56 Å². The zero-order valence-corrected chi connectivity index (χ0v) is 12.9. The van der Waals surface area contributed by atoms with Gasteiger partial charge in [0.2, 0.25) is 0 Å². The van der Waals surface area contributed by atoms with Crippen molar-refractivity contribution in [1.29, 1.82) is 0 Å². The molecule has 104 valence electrons. The maximum Gasteiger partial charge on any atom is 0.321 e. The molecule has 0 radical (unpaired) electrons. The highest BCUT2D eigenvalue weighted by Gasteiger charge is 2.16. The van der Waals surface area contributed by atoms with Gasteiger partial charge in [0.1, 0.15) is 0 Å². The zero-order valence-electron chi connectivity index (χ0n) is 11.2. The highest BCUT2D eigenvalue weighted by atomic mass is 32.2. The molecule has 1 N–H and O–H groups in total. The second-order valence-corrected chi connectivity index (χ2v) is 6.68. The van der Waals surface area contributed by atoms with Crippen LogP contribution in [-0.2, 0) is 6.42 Å². The molecule has 1 heterocycles. The van der Waals surface area contributed by atoms with E-state index in [1.54, 1.807) is 0 Å². The van der Waals surface area contributed by atoms with Crippen molar-refractivity contribution in [3.63, 3.8) is 0 Å². The molecule has 2 amide bonds. The average molecular weight is 296 g/mol. The number of nitrogens with zero attached hydrogens (tertiary/aromatic N) is 1. The lowest BCUT2D eigenvalue weighted by molar-refractivity contribution is 0.217. The number of benzene rings is 1. The topological polar surface area (TPSA) is 32.3 Å². The Hall–Kier alpha value is -0.810. The van der Waals surface area contributed by atoms with Gasteiger partial charge in [0.25, 0.3) is 0 Å². The van der Waals surface area contributed by atoms with E-state index < -0.39 is 0 Å². The molecule has 0 atom stereocenters. The summed E-state index contributed by atoms with van der Waals surface area (Å²) >= 11 is 3.76. The number of aryl methyl sites for hydroxylation is 1. The van der Waals surface area contributed by atoms with Gasteiger partial charge in [0.15, 0.2) is 0 Å². The number of urea groups is 1. The Labute approximate surface area is 123 Å². The fourth-order valence-electron chi connectivity index (χ4n) is 1.94. The highest BCUT2D eigenvalue weighted by Crippen LogP contribution is 2.14. The molecule has 1 aliphatic heterocycles. The van der Waals surface area contributed by atoms with E-state index in [4.69, 9.17) is 0 Å². The van der Waals surface area contributed by atoms with E-state index in [0.29, 0.717) is 0 Å². The molecule has 0 aliphatic carbocycles. The third kappa shape index (κ3) is 4.66. The predicted octanol–water partition coefficient (Wildman–Crippen LogP) is 3.17. The number of carbonyl (C=O) groups excluding carboxylic acids is 1. The number of nitrogens with one attached hydrogen (secondary N) is 1. The summed E-state index contributed by atoms with van der Waals surface area (Å²) in [6, 6.07) is 8.20. The SMILES string of the molecule is CSCCc1ccc(NC(=O)N2CCSCC2)cc1. The molecule has 0 unspecified atom stereocenters. The van der Waals surface area contributed by atoms with Crippen LogP contribution < -0.4 is 5.32 Å². The molecule has 0 aromatic heterocycles. The minimum Gasteiger partial charge on any atom is -0.323 e. The largest absolute Gasteiger partial charge is 0.323 e. The fourth-order valence-corrected chi connectivity index (χ4v) is 3.29. The van der Waals surface area contributed by atoms with E-state index in [-0.39, 0.29) is 6.03 Å². The summed E-state index contributed by atoms with van der Waals surface area (Å²) < 4.78 is 0. The quantitative estimate of drug-likeness (QED) is 0.926. The van der Waals surface area contributed by atoms with Gasteiger partial charge < -0.3 is 10.2 Å². The van der Waals surface area contributed by atoms with Crippen LogP contribution in [0.2, 0.25) is 0 Å². The van der Waals surface area contributed by atoms with E-state index >= 15 is 0 Å². The first kappa shape index (κ1) is 14.6. The monoisotopic (exact) mass is 296 g/mol. The van der Waals surface area contributed by atoms with Crippen LogP contribution in [0.4, 0.5) is 10.5 Å². The number of thioether (sulfide) groups is 2. The third-order valence-corrected chi connectivity index (χ3v) is 4.65. The molecule has 0 saturated carbocycles. The molecule has 1 fully saturated rings. The van der Waals surface area contributed by atoms with Crippen LogP contribution in [0.3, 0.4) is 0 Å². The van der Waals surface area contributed by atoms with Crippen LogP contribution >= 0.6 is 23.5 Å². The summed E-state index contributed by atoms with van der Waals surface area (Å²) in [6.07, 6.45) is 3.20. The van der Waals surface area contributed by atoms with Gasteiger partial charge in [-0.3, -0.25) is 0 Å². The first-order chi connectivity index (χ1) is 9.29. The van der Waals surface area contributed by atoms with Crippen LogP contribution in [0.5, 0.6) is 0 Å². The lowest BCUT2D eigenvalue weighted by Gasteiger charge is -2.26. The lowest BCUT2D eigenvalue weighted by atomic mass is 10.1. The van der Waals surface area contributed by atoms with Gasteiger partial charge in [0, 0.05) is 30.3 Å². The highest BCUT2D eigenvalue weighted by molar-refractivity contribution is 7.99. The van der Waals surface area contributed by atoms with E-state index in [2.05, 4.69) is 23.7 Å². The first-order valence-electron chi connectivity index (χ1n) is 6.51. The van der Waals surface area contributed by atoms with Crippen molar-refractivity contribution in [2.24, 2.45) is 0 Å². The molecule has 1 aliphatic rings. The third-order valence-electron chi connectivity index (χ3n) is 3.10. The Kier molecular flexibility index (Phi) is 5.92. The summed E-state index contributed by atoms with van der Waals surface area (Å²) in [5.41, 5.74) is 2.21. The van der Waals surface area contributed by atoms with Crippen molar-refractivity contribution in [3.8, 4) is 0 Å². The minimum atomic E-state index is 0.0252. The summed E-state index contributed by atoms with van der Waals surface area (Å²) in [7, 11) is 0. The van der Waals surface area contributed by atoms with E-state index in [0.717, 1.165) is 42.5 Å². The Bertz CT molecular complexity index is 402. The number of amides is 2. The number of rotatable bonds is 4. The number of hydrogen-bond donors (Lipinski definition) is 1.